The minimum Gasteiger partial charge on any atom is -0.339 e. The average Bonchev–Trinajstić information content (AvgIpc) is 3.02. The van der Waals surface area contributed by atoms with Crippen molar-refractivity contribution < 1.29 is 4.52 Å². The number of benzene rings is 2. The molecule has 0 bridgehead atoms. The van der Waals surface area contributed by atoms with Crippen molar-refractivity contribution in [2.24, 2.45) is 0 Å². The lowest BCUT2D eigenvalue weighted by Crippen LogP contribution is -2.34. The standard InChI is InChI=1S/C19H21N3O/c1-14-20-19(23-21-14)17-9-5-11-22(13-17)12-16-8-4-7-15-6-2-3-10-18(15)16/h2-4,6-8,10,17H,5,9,11-13H2,1H3. The fourth-order valence-electron chi connectivity index (χ4n) is 3.55. The van der Waals surface area contributed by atoms with Gasteiger partial charge in [0.2, 0.25) is 5.89 Å². The number of nitrogens with zero attached hydrogens (tertiary/aromatic N) is 3. The molecule has 0 aliphatic carbocycles. The summed E-state index contributed by atoms with van der Waals surface area (Å²) >= 11 is 0. The van der Waals surface area contributed by atoms with Crippen molar-refractivity contribution in [1.29, 1.82) is 0 Å². The Morgan fingerprint density at radius 2 is 2.04 bits per heavy atom. The summed E-state index contributed by atoms with van der Waals surface area (Å²) in [4.78, 5) is 6.93. The lowest BCUT2D eigenvalue weighted by atomic mass is 9.96. The van der Waals surface area contributed by atoms with E-state index in [0.29, 0.717) is 5.92 Å². The van der Waals surface area contributed by atoms with Crippen LogP contribution in [0, 0.1) is 6.92 Å². The third-order valence-electron chi connectivity index (χ3n) is 4.67. The molecule has 2 aromatic carbocycles. The first kappa shape index (κ1) is 14.4. The molecule has 118 valence electrons. The van der Waals surface area contributed by atoms with Gasteiger partial charge in [0.25, 0.3) is 0 Å². The van der Waals surface area contributed by atoms with Gasteiger partial charge in [-0.1, -0.05) is 47.6 Å². The Hall–Kier alpha value is -2.20. The van der Waals surface area contributed by atoms with Gasteiger partial charge in [-0.3, -0.25) is 4.90 Å². The van der Waals surface area contributed by atoms with Crippen molar-refractivity contribution in [3.8, 4) is 0 Å². The van der Waals surface area contributed by atoms with Crippen molar-refractivity contribution in [3.05, 3.63) is 59.7 Å². The summed E-state index contributed by atoms with van der Waals surface area (Å²) in [6.45, 7) is 4.98. The van der Waals surface area contributed by atoms with Crippen LogP contribution in [0.4, 0.5) is 0 Å². The van der Waals surface area contributed by atoms with Gasteiger partial charge in [-0.25, -0.2) is 0 Å². The maximum atomic E-state index is 5.38. The van der Waals surface area contributed by atoms with Gasteiger partial charge in [0.1, 0.15) is 0 Å². The first-order chi connectivity index (χ1) is 11.3. The number of rotatable bonds is 3. The van der Waals surface area contributed by atoms with Crippen LogP contribution >= 0.6 is 0 Å². The van der Waals surface area contributed by atoms with Crippen LogP contribution in [0.2, 0.25) is 0 Å². The molecule has 0 N–H and O–H groups in total. The number of fused-ring (bicyclic) bond motifs is 1. The lowest BCUT2D eigenvalue weighted by molar-refractivity contribution is 0.180. The van der Waals surface area contributed by atoms with Crippen LogP contribution < -0.4 is 0 Å². The topological polar surface area (TPSA) is 42.2 Å². The fraction of sp³-hybridized carbons (Fsp3) is 0.368. The molecule has 0 radical (unpaired) electrons. The summed E-state index contributed by atoms with van der Waals surface area (Å²) in [6.07, 6.45) is 2.31. The summed E-state index contributed by atoms with van der Waals surface area (Å²) in [6, 6.07) is 15.2. The summed E-state index contributed by atoms with van der Waals surface area (Å²) in [5.74, 6) is 1.89. The van der Waals surface area contributed by atoms with Gasteiger partial charge >= 0.3 is 0 Å². The van der Waals surface area contributed by atoms with Crippen LogP contribution in [-0.4, -0.2) is 28.1 Å². The lowest BCUT2D eigenvalue weighted by Gasteiger charge is -2.31. The van der Waals surface area contributed by atoms with E-state index in [2.05, 4.69) is 57.5 Å². The van der Waals surface area contributed by atoms with Crippen LogP contribution in [0.1, 0.15) is 36.0 Å². The van der Waals surface area contributed by atoms with E-state index in [1.54, 1.807) is 0 Å². The first-order valence-electron chi connectivity index (χ1n) is 8.29. The van der Waals surface area contributed by atoms with E-state index in [-0.39, 0.29) is 0 Å². The van der Waals surface area contributed by atoms with Crippen molar-refractivity contribution in [1.82, 2.24) is 15.0 Å². The SMILES string of the molecule is Cc1noc(C2CCCN(Cc3cccc4ccccc34)C2)n1. The average molecular weight is 307 g/mol. The minimum absolute atomic E-state index is 0.361. The van der Waals surface area contributed by atoms with Crippen molar-refractivity contribution >= 4 is 10.8 Å². The van der Waals surface area contributed by atoms with E-state index in [4.69, 9.17) is 4.52 Å². The first-order valence-corrected chi connectivity index (χ1v) is 8.29. The third kappa shape index (κ3) is 2.99. The highest BCUT2D eigenvalue weighted by molar-refractivity contribution is 5.85. The Bertz CT molecular complexity index is 806. The smallest absolute Gasteiger partial charge is 0.231 e. The number of aryl methyl sites for hydroxylation is 1. The molecule has 4 rings (SSSR count). The second kappa shape index (κ2) is 6.13. The molecule has 1 atom stereocenters. The molecule has 1 unspecified atom stereocenters. The quantitative estimate of drug-likeness (QED) is 0.735. The van der Waals surface area contributed by atoms with E-state index >= 15 is 0 Å². The Balaban J connectivity index is 1.54. The highest BCUT2D eigenvalue weighted by Crippen LogP contribution is 2.28. The number of hydrogen-bond acceptors (Lipinski definition) is 4. The molecule has 3 aromatic rings. The molecule has 0 spiro atoms. The van der Waals surface area contributed by atoms with Crippen molar-refractivity contribution in [2.75, 3.05) is 13.1 Å². The molecule has 0 saturated carbocycles. The van der Waals surface area contributed by atoms with Crippen LogP contribution in [-0.2, 0) is 6.54 Å². The Morgan fingerprint density at radius 3 is 2.91 bits per heavy atom. The zero-order valence-corrected chi connectivity index (χ0v) is 13.4. The number of hydrogen-bond donors (Lipinski definition) is 0. The molecular formula is C19H21N3O. The molecule has 2 heterocycles. The summed E-state index contributed by atoms with van der Waals surface area (Å²) in [5, 5.41) is 6.60. The molecule has 1 aromatic heterocycles. The largest absolute Gasteiger partial charge is 0.339 e. The molecule has 4 heteroatoms. The number of likely N-dealkylation sites (tertiary alicyclic amines) is 1. The molecule has 23 heavy (non-hydrogen) atoms. The fourth-order valence-corrected chi connectivity index (χ4v) is 3.55. The van der Waals surface area contributed by atoms with Crippen LogP contribution in [0.15, 0.2) is 47.0 Å². The molecule has 1 aliphatic heterocycles. The van der Waals surface area contributed by atoms with E-state index < -0.39 is 0 Å². The molecule has 1 saturated heterocycles. The predicted octanol–water partition coefficient (Wildman–Crippen LogP) is 3.91. The van der Waals surface area contributed by atoms with Gasteiger partial charge in [0, 0.05) is 13.1 Å². The Labute approximate surface area is 136 Å². The zero-order valence-electron chi connectivity index (χ0n) is 13.4. The minimum atomic E-state index is 0.361. The molecule has 1 fully saturated rings. The second-order valence-corrected chi connectivity index (χ2v) is 6.39. The summed E-state index contributed by atoms with van der Waals surface area (Å²) in [5.41, 5.74) is 1.39. The van der Waals surface area contributed by atoms with Gasteiger partial charge in [-0.15, -0.1) is 0 Å². The highest BCUT2D eigenvalue weighted by Gasteiger charge is 2.25. The van der Waals surface area contributed by atoms with Gasteiger partial charge in [-0.05, 0) is 42.6 Å². The number of piperidine rings is 1. The zero-order chi connectivity index (χ0) is 15.6. The highest BCUT2D eigenvalue weighted by atomic mass is 16.5. The second-order valence-electron chi connectivity index (χ2n) is 6.39. The van der Waals surface area contributed by atoms with Gasteiger partial charge in [0.15, 0.2) is 5.82 Å². The number of aromatic nitrogens is 2. The molecule has 1 aliphatic rings. The summed E-state index contributed by atoms with van der Waals surface area (Å²) < 4.78 is 5.38. The molecule has 4 nitrogen and oxygen atoms in total. The molecular weight excluding hydrogens is 286 g/mol. The van der Waals surface area contributed by atoms with Crippen LogP contribution in [0.5, 0.6) is 0 Å². The van der Waals surface area contributed by atoms with E-state index in [9.17, 15) is 0 Å². The van der Waals surface area contributed by atoms with E-state index in [1.807, 2.05) is 6.92 Å². The van der Waals surface area contributed by atoms with Crippen molar-refractivity contribution in [3.63, 3.8) is 0 Å². The molecule has 0 amide bonds. The monoisotopic (exact) mass is 307 g/mol. The Kier molecular flexibility index (Phi) is 3.83. The third-order valence-corrected chi connectivity index (χ3v) is 4.67. The van der Waals surface area contributed by atoms with Crippen LogP contribution in [0.25, 0.3) is 10.8 Å². The Morgan fingerprint density at radius 1 is 1.17 bits per heavy atom. The van der Waals surface area contributed by atoms with Gasteiger partial charge in [-0.2, -0.15) is 4.98 Å². The maximum absolute atomic E-state index is 5.38. The predicted molar refractivity (Wildman–Crippen MR) is 90.2 cm³/mol. The summed E-state index contributed by atoms with van der Waals surface area (Å²) in [7, 11) is 0. The normalized spacial score (nSPS) is 19.3. The van der Waals surface area contributed by atoms with E-state index in [0.717, 1.165) is 37.8 Å². The van der Waals surface area contributed by atoms with Gasteiger partial charge < -0.3 is 4.52 Å². The van der Waals surface area contributed by atoms with Crippen molar-refractivity contribution in [2.45, 2.75) is 32.2 Å². The van der Waals surface area contributed by atoms with E-state index in [1.165, 1.54) is 22.8 Å². The van der Waals surface area contributed by atoms with Crippen LogP contribution in [0.3, 0.4) is 0 Å². The van der Waals surface area contributed by atoms with Gasteiger partial charge in [0.05, 0.1) is 5.92 Å². The maximum Gasteiger partial charge on any atom is 0.231 e.